The first-order valence-corrected chi connectivity index (χ1v) is 8.75. The van der Waals surface area contributed by atoms with Gasteiger partial charge in [0.15, 0.2) is 0 Å². The van der Waals surface area contributed by atoms with Crippen LogP contribution in [0.2, 0.25) is 0 Å². The second kappa shape index (κ2) is 6.29. The number of rotatable bonds is 3. The molecule has 0 aliphatic carbocycles. The first kappa shape index (κ1) is 16.2. The molecule has 1 saturated heterocycles. The average Bonchev–Trinajstić information content (AvgIpc) is 2.37. The number of carbonyl (C=O) groups excluding carboxylic acids is 1. The number of benzene rings is 1. The van der Waals surface area contributed by atoms with E-state index in [1.807, 2.05) is 6.92 Å². The Bertz CT molecular complexity index is 650. The first-order valence-electron chi connectivity index (χ1n) is 6.44. The maximum absolute atomic E-state index is 13.7. The van der Waals surface area contributed by atoms with Crippen LogP contribution in [0.3, 0.4) is 0 Å². The van der Waals surface area contributed by atoms with Crippen molar-refractivity contribution in [3.63, 3.8) is 0 Å². The highest BCUT2D eigenvalue weighted by atomic mass is 35.7. The Hall–Kier alpha value is -1.18. The minimum absolute atomic E-state index is 0.0171. The van der Waals surface area contributed by atoms with E-state index >= 15 is 0 Å². The third-order valence-electron chi connectivity index (χ3n) is 3.28. The molecule has 116 valence electrons. The van der Waals surface area contributed by atoms with Crippen molar-refractivity contribution in [2.45, 2.75) is 36.8 Å². The first-order chi connectivity index (χ1) is 9.77. The van der Waals surface area contributed by atoms with Crippen molar-refractivity contribution in [3.05, 3.63) is 29.6 Å². The Kier molecular flexibility index (Phi) is 4.85. The highest BCUT2D eigenvalue weighted by Crippen LogP contribution is 2.20. The quantitative estimate of drug-likeness (QED) is 0.858. The van der Waals surface area contributed by atoms with Crippen LogP contribution in [0.4, 0.5) is 4.39 Å². The number of amides is 1. The molecule has 2 unspecified atom stereocenters. The van der Waals surface area contributed by atoms with E-state index in [1.165, 1.54) is 0 Å². The molecule has 0 bridgehead atoms. The van der Waals surface area contributed by atoms with Gasteiger partial charge in [0.05, 0.1) is 16.6 Å². The normalized spacial score (nSPS) is 22.8. The highest BCUT2D eigenvalue weighted by Gasteiger charge is 2.23. The van der Waals surface area contributed by atoms with Gasteiger partial charge < -0.3 is 10.1 Å². The van der Waals surface area contributed by atoms with Crippen LogP contribution in [0.5, 0.6) is 0 Å². The van der Waals surface area contributed by atoms with Crippen LogP contribution in [0.1, 0.15) is 30.1 Å². The van der Waals surface area contributed by atoms with Crippen LogP contribution in [-0.2, 0) is 13.8 Å². The van der Waals surface area contributed by atoms with E-state index in [0.717, 1.165) is 18.2 Å². The number of carbonyl (C=O) groups is 1. The highest BCUT2D eigenvalue weighted by molar-refractivity contribution is 8.13. The van der Waals surface area contributed by atoms with Crippen molar-refractivity contribution in [1.29, 1.82) is 0 Å². The molecule has 1 amide bonds. The summed E-state index contributed by atoms with van der Waals surface area (Å²) in [7, 11) is 1.19. The zero-order valence-electron chi connectivity index (χ0n) is 11.3. The summed E-state index contributed by atoms with van der Waals surface area (Å²) in [6.45, 7) is 2.41. The van der Waals surface area contributed by atoms with Crippen LogP contribution in [0.25, 0.3) is 0 Å². The van der Waals surface area contributed by atoms with Gasteiger partial charge in [0.25, 0.3) is 15.0 Å². The fourth-order valence-electron chi connectivity index (χ4n) is 2.22. The van der Waals surface area contributed by atoms with Gasteiger partial charge in [-0.05, 0) is 38.0 Å². The third kappa shape index (κ3) is 4.15. The van der Waals surface area contributed by atoms with Crippen molar-refractivity contribution >= 4 is 25.6 Å². The third-order valence-corrected chi connectivity index (χ3v) is 4.64. The summed E-state index contributed by atoms with van der Waals surface area (Å²) in [4.78, 5) is 11.8. The van der Waals surface area contributed by atoms with Gasteiger partial charge in [0.1, 0.15) is 5.82 Å². The van der Waals surface area contributed by atoms with Crippen LogP contribution >= 0.6 is 10.7 Å². The van der Waals surface area contributed by atoms with E-state index in [1.54, 1.807) is 0 Å². The van der Waals surface area contributed by atoms with Gasteiger partial charge in [0, 0.05) is 23.3 Å². The summed E-state index contributed by atoms with van der Waals surface area (Å²) in [6.07, 6.45) is 1.27. The van der Waals surface area contributed by atoms with Crippen molar-refractivity contribution in [2.75, 3.05) is 6.61 Å². The summed E-state index contributed by atoms with van der Waals surface area (Å²) in [5.41, 5.74) is -0.337. The number of nitrogens with one attached hydrogen (secondary N) is 1. The van der Waals surface area contributed by atoms with Gasteiger partial charge in [-0.25, -0.2) is 12.8 Å². The molecule has 1 aliphatic rings. The summed E-state index contributed by atoms with van der Waals surface area (Å²) in [5, 5.41) is 2.69. The molecular formula is C13H15ClFNO4S. The molecule has 0 saturated carbocycles. The van der Waals surface area contributed by atoms with Crippen molar-refractivity contribution < 1.29 is 22.3 Å². The molecule has 8 heteroatoms. The molecule has 0 spiro atoms. The van der Waals surface area contributed by atoms with Crippen LogP contribution < -0.4 is 5.32 Å². The van der Waals surface area contributed by atoms with E-state index in [2.05, 4.69) is 5.32 Å². The monoisotopic (exact) mass is 335 g/mol. The number of hydrogen-bond acceptors (Lipinski definition) is 4. The Morgan fingerprint density at radius 2 is 2.19 bits per heavy atom. The number of ether oxygens (including phenoxy) is 1. The van der Waals surface area contributed by atoms with E-state index < -0.39 is 20.8 Å². The lowest BCUT2D eigenvalue weighted by Crippen LogP contribution is -2.41. The lowest BCUT2D eigenvalue weighted by molar-refractivity contribution is 0.0136. The van der Waals surface area contributed by atoms with Crippen LogP contribution in [0.15, 0.2) is 23.1 Å². The Morgan fingerprint density at radius 1 is 1.48 bits per heavy atom. The van der Waals surface area contributed by atoms with Gasteiger partial charge in [0.2, 0.25) is 0 Å². The van der Waals surface area contributed by atoms with E-state index in [9.17, 15) is 17.6 Å². The predicted octanol–water partition coefficient (Wildman–Crippen LogP) is 2.05. The second-order valence-corrected chi connectivity index (χ2v) is 7.52. The molecular weight excluding hydrogens is 321 g/mol. The second-order valence-electron chi connectivity index (χ2n) is 4.96. The molecule has 1 heterocycles. The number of hydrogen-bond donors (Lipinski definition) is 1. The lowest BCUT2D eigenvalue weighted by Gasteiger charge is -2.28. The molecule has 1 aromatic carbocycles. The van der Waals surface area contributed by atoms with E-state index in [-0.39, 0.29) is 22.6 Å². The molecule has 1 aromatic rings. The number of halogens is 2. The van der Waals surface area contributed by atoms with Gasteiger partial charge in [-0.15, -0.1) is 0 Å². The van der Waals surface area contributed by atoms with Gasteiger partial charge >= 0.3 is 0 Å². The zero-order chi connectivity index (χ0) is 15.6. The summed E-state index contributed by atoms with van der Waals surface area (Å²) < 4.78 is 41.6. The molecule has 21 heavy (non-hydrogen) atoms. The molecule has 0 aromatic heterocycles. The summed E-state index contributed by atoms with van der Waals surface area (Å²) in [6, 6.07) is 2.74. The Morgan fingerprint density at radius 3 is 2.81 bits per heavy atom. The van der Waals surface area contributed by atoms with Crippen molar-refractivity contribution in [3.8, 4) is 0 Å². The SMILES string of the molecule is CC1CC(NC(=O)c2cc(S(=O)(=O)Cl)ccc2F)CCO1. The van der Waals surface area contributed by atoms with E-state index in [4.69, 9.17) is 15.4 Å². The fourth-order valence-corrected chi connectivity index (χ4v) is 3.00. The molecule has 1 aliphatic heterocycles. The van der Waals surface area contributed by atoms with E-state index in [0.29, 0.717) is 19.4 Å². The predicted molar refractivity (Wildman–Crippen MR) is 75.3 cm³/mol. The largest absolute Gasteiger partial charge is 0.378 e. The van der Waals surface area contributed by atoms with Crippen LogP contribution in [-0.4, -0.2) is 33.1 Å². The molecule has 5 nitrogen and oxygen atoms in total. The molecule has 2 rings (SSSR count). The molecule has 0 radical (unpaired) electrons. The summed E-state index contributed by atoms with van der Waals surface area (Å²) >= 11 is 0. The van der Waals surface area contributed by atoms with Gasteiger partial charge in [-0.2, -0.15) is 0 Å². The standard InChI is InChI=1S/C13H15ClFNO4S/c1-8-6-9(4-5-20-8)16-13(17)11-7-10(21(14,18)19)2-3-12(11)15/h2-3,7-9H,4-6H2,1H3,(H,16,17). The smallest absolute Gasteiger partial charge is 0.261 e. The summed E-state index contributed by atoms with van der Waals surface area (Å²) in [5.74, 6) is -1.45. The maximum atomic E-state index is 13.7. The topological polar surface area (TPSA) is 72.5 Å². The Balaban J connectivity index is 2.18. The maximum Gasteiger partial charge on any atom is 0.261 e. The minimum Gasteiger partial charge on any atom is -0.378 e. The molecule has 2 atom stereocenters. The van der Waals surface area contributed by atoms with Crippen molar-refractivity contribution in [1.82, 2.24) is 5.32 Å². The molecule has 1 N–H and O–H groups in total. The van der Waals surface area contributed by atoms with Crippen molar-refractivity contribution in [2.24, 2.45) is 0 Å². The zero-order valence-corrected chi connectivity index (χ0v) is 12.9. The average molecular weight is 336 g/mol. The van der Waals surface area contributed by atoms with Gasteiger partial charge in [-0.1, -0.05) is 0 Å². The van der Waals surface area contributed by atoms with Gasteiger partial charge in [-0.3, -0.25) is 4.79 Å². The lowest BCUT2D eigenvalue weighted by atomic mass is 10.0. The van der Waals surface area contributed by atoms with Crippen LogP contribution in [0, 0.1) is 5.82 Å². The fraction of sp³-hybridized carbons (Fsp3) is 0.462. The Labute approximate surface area is 126 Å². The minimum atomic E-state index is -4.01. The molecule has 1 fully saturated rings.